The fourth-order valence-electron chi connectivity index (χ4n) is 0.764. The Bertz CT molecular complexity index is 194. The van der Waals surface area contributed by atoms with Gasteiger partial charge in [-0.2, -0.15) is 0 Å². The number of hydrogen-bond donors (Lipinski definition) is 2. The monoisotopic (exact) mass is 201 g/mol. The van der Waals surface area contributed by atoms with Gasteiger partial charge in [0, 0.05) is 6.54 Å². The molecule has 14 heavy (non-hydrogen) atoms. The van der Waals surface area contributed by atoms with Crippen LogP contribution < -0.4 is 5.32 Å². The Balaban J connectivity index is 3.50. The minimum absolute atomic E-state index is 0.0342. The van der Waals surface area contributed by atoms with Crippen molar-refractivity contribution < 1.29 is 14.6 Å². The molecule has 4 heteroatoms. The van der Waals surface area contributed by atoms with Crippen LogP contribution in [0.1, 0.15) is 27.2 Å². The van der Waals surface area contributed by atoms with E-state index in [0.717, 1.165) is 0 Å². The Morgan fingerprint density at radius 1 is 1.43 bits per heavy atom. The van der Waals surface area contributed by atoms with Gasteiger partial charge in [0.25, 0.3) is 0 Å². The van der Waals surface area contributed by atoms with E-state index in [1.165, 1.54) is 0 Å². The molecule has 4 nitrogen and oxygen atoms in total. The van der Waals surface area contributed by atoms with Gasteiger partial charge in [0.2, 0.25) is 0 Å². The van der Waals surface area contributed by atoms with E-state index in [1.54, 1.807) is 12.2 Å². The van der Waals surface area contributed by atoms with Crippen molar-refractivity contribution in [2.75, 3.05) is 13.2 Å². The topological polar surface area (TPSA) is 58.6 Å². The summed E-state index contributed by atoms with van der Waals surface area (Å²) in [7, 11) is 0. The number of carbonyl (C=O) groups excluding carboxylic acids is 1. The summed E-state index contributed by atoms with van der Waals surface area (Å²) in [6.07, 6.45) is 3.73. The molecule has 1 amide bonds. The zero-order chi connectivity index (χ0) is 11.0. The van der Waals surface area contributed by atoms with Crippen LogP contribution in [-0.4, -0.2) is 30.0 Å². The van der Waals surface area contributed by atoms with Crippen molar-refractivity contribution in [1.29, 1.82) is 0 Å². The SMILES string of the molecule is CC(C)(C)OC(=O)NCC/C=C/CO. The molecule has 0 heterocycles. The predicted molar refractivity (Wildman–Crippen MR) is 55.1 cm³/mol. The number of ether oxygens (including phenoxy) is 1. The molecule has 0 unspecified atom stereocenters. The molecule has 0 rings (SSSR count). The van der Waals surface area contributed by atoms with Gasteiger partial charge in [-0.25, -0.2) is 4.79 Å². The smallest absolute Gasteiger partial charge is 0.407 e. The highest BCUT2D eigenvalue weighted by Gasteiger charge is 2.14. The molecule has 2 N–H and O–H groups in total. The molecule has 0 aliphatic carbocycles. The second kappa shape index (κ2) is 6.43. The van der Waals surface area contributed by atoms with Crippen LogP contribution in [0, 0.1) is 0 Å². The number of amides is 1. The van der Waals surface area contributed by atoms with E-state index in [4.69, 9.17) is 9.84 Å². The van der Waals surface area contributed by atoms with Crippen molar-refractivity contribution in [1.82, 2.24) is 5.32 Å². The number of rotatable bonds is 4. The Morgan fingerprint density at radius 2 is 2.07 bits per heavy atom. The second-order valence-corrected chi connectivity index (χ2v) is 3.87. The standard InChI is InChI=1S/C10H19NO3/c1-10(2,3)14-9(13)11-7-5-4-6-8-12/h4,6,12H,5,7-8H2,1-3H3,(H,11,13)/b6-4+. The zero-order valence-corrected chi connectivity index (χ0v) is 9.04. The lowest BCUT2D eigenvalue weighted by Crippen LogP contribution is -2.32. The molecular formula is C10H19NO3. The molecule has 0 atom stereocenters. The van der Waals surface area contributed by atoms with Gasteiger partial charge in [-0.15, -0.1) is 0 Å². The summed E-state index contributed by atoms with van der Waals surface area (Å²) in [4.78, 5) is 11.1. The number of alkyl carbamates (subject to hydrolysis) is 1. The maximum Gasteiger partial charge on any atom is 0.407 e. The van der Waals surface area contributed by atoms with E-state index < -0.39 is 11.7 Å². The van der Waals surface area contributed by atoms with Crippen LogP contribution in [-0.2, 0) is 4.74 Å². The van der Waals surface area contributed by atoms with Crippen LogP contribution in [0.4, 0.5) is 4.79 Å². The minimum atomic E-state index is -0.453. The average Bonchev–Trinajstić information content (AvgIpc) is 2.00. The molecule has 0 fully saturated rings. The van der Waals surface area contributed by atoms with Crippen molar-refractivity contribution in [2.45, 2.75) is 32.8 Å². The van der Waals surface area contributed by atoms with Gasteiger partial charge in [0.05, 0.1) is 6.61 Å². The Kier molecular flexibility index (Phi) is 5.95. The lowest BCUT2D eigenvalue weighted by atomic mass is 10.2. The highest BCUT2D eigenvalue weighted by Crippen LogP contribution is 2.06. The summed E-state index contributed by atoms with van der Waals surface area (Å²) in [6.45, 7) is 6.01. The van der Waals surface area contributed by atoms with Crippen molar-refractivity contribution >= 4 is 6.09 Å². The van der Waals surface area contributed by atoms with Gasteiger partial charge in [-0.05, 0) is 27.2 Å². The van der Waals surface area contributed by atoms with Crippen LogP contribution in [0.25, 0.3) is 0 Å². The van der Waals surface area contributed by atoms with Crippen LogP contribution in [0.3, 0.4) is 0 Å². The van der Waals surface area contributed by atoms with Gasteiger partial charge in [-0.1, -0.05) is 12.2 Å². The number of aliphatic hydroxyl groups is 1. The average molecular weight is 201 g/mol. The van der Waals surface area contributed by atoms with E-state index in [9.17, 15) is 4.79 Å². The Morgan fingerprint density at radius 3 is 2.57 bits per heavy atom. The number of nitrogens with one attached hydrogen (secondary N) is 1. The van der Waals surface area contributed by atoms with Gasteiger partial charge < -0.3 is 15.2 Å². The summed E-state index contributed by atoms with van der Waals surface area (Å²) in [5, 5.41) is 11.0. The zero-order valence-electron chi connectivity index (χ0n) is 9.04. The summed E-state index contributed by atoms with van der Waals surface area (Å²) in [6, 6.07) is 0. The van der Waals surface area contributed by atoms with E-state index in [1.807, 2.05) is 20.8 Å². The van der Waals surface area contributed by atoms with Crippen molar-refractivity contribution in [3.63, 3.8) is 0 Å². The van der Waals surface area contributed by atoms with Crippen LogP contribution in [0.15, 0.2) is 12.2 Å². The van der Waals surface area contributed by atoms with Crippen molar-refractivity contribution in [3.8, 4) is 0 Å². The Labute approximate surface area is 85.0 Å². The van der Waals surface area contributed by atoms with Gasteiger partial charge in [0.15, 0.2) is 0 Å². The first kappa shape index (κ1) is 13.0. The van der Waals surface area contributed by atoms with E-state index >= 15 is 0 Å². The third-order valence-electron chi connectivity index (χ3n) is 1.25. The molecule has 0 aliphatic heterocycles. The van der Waals surface area contributed by atoms with Crippen molar-refractivity contribution in [2.24, 2.45) is 0 Å². The molecule has 0 aliphatic rings. The maximum atomic E-state index is 11.1. The van der Waals surface area contributed by atoms with Crippen LogP contribution in [0.5, 0.6) is 0 Å². The predicted octanol–water partition coefficient (Wildman–Crippen LogP) is 1.45. The molecule has 0 saturated heterocycles. The van der Waals surface area contributed by atoms with Crippen LogP contribution >= 0.6 is 0 Å². The number of hydrogen-bond acceptors (Lipinski definition) is 3. The number of aliphatic hydroxyl groups excluding tert-OH is 1. The fraction of sp³-hybridized carbons (Fsp3) is 0.700. The molecule has 0 radical (unpaired) electrons. The first-order chi connectivity index (χ1) is 6.45. The summed E-state index contributed by atoms with van der Waals surface area (Å²) < 4.78 is 5.02. The van der Waals surface area contributed by atoms with Gasteiger partial charge in [0.1, 0.15) is 5.60 Å². The summed E-state index contributed by atoms with van der Waals surface area (Å²) in [5.41, 5.74) is -0.453. The van der Waals surface area contributed by atoms with Gasteiger partial charge in [-0.3, -0.25) is 0 Å². The highest BCUT2D eigenvalue weighted by atomic mass is 16.6. The van der Waals surface area contributed by atoms with E-state index in [2.05, 4.69) is 5.32 Å². The third-order valence-corrected chi connectivity index (χ3v) is 1.25. The van der Waals surface area contributed by atoms with Crippen molar-refractivity contribution in [3.05, 3.63) is 12.2 Å². The van der Waals surface area contributed by atoms with Gasteiger partial charge >= 0.3 is 6.09 Å². The fourth-order valence-corrected chi connectivity index (χ4v) is 0.764. The second-order valence-electron chi connectivity index (χ2n) is 3.87. The van der Waals surface area contributed by atoms with E-state index in [0.29, 0.717) is 13.0 Å². The molecule has 0 aromatic rings. The molecule has 0 aromatic heterocycles. The molecule has 82 valence electrons. The van der Waals surface area contributed by atoms with Crippen LogP contribution in [0.2, 0.25) is 0 Å². The largest absolute Gasteiger partial charge is 0.444 e. The maximum absolute atomic E-state index is 11.1. The quantitative estimate of drug-likeness (QED) is 0.534. The van der Waals surface area contributed by atoms with E-state index in [-0.39, 0.29) is 6.61 Å². The lowest BCUT2D eigenvalue weighted by Gasteiger charge is -2.19. The highest BCUT2D eigenvalue weighted by molar-refractivity contribution is 5.67. The minimum Gasteiger partial charge on any atom is -0.444 e. The summed E-state index contributed by atoms with van der Waals surface area (Å²) >= 11 is 0. The lowest BCUT2D eigenvalue weighted by molar-refractivity contribution is 0.0529. The Hall–Kier alpha value is -1.03. The first-order valence-corrected chi connectivity index (χ1v) is 4.68. The third kappa shape index (κ3) is 9.06. The molecule has 0 saturated carbocycles. The first-order valence-electron chi connectivity index (χ1n) is 4.68. The molecular weight excluding hydrogens is 182 g/mol. The number of carbonyl (C=O) groups is 1. The molecule has 0 spiro atoms. The molecule has 0 aromatic carbocycles. The molecule has 0 bridgehead atoms. The normalized spacial score (nSPS) is 11.7. The summed E-state index contributed by atoms with van der Waals surface area (Å²) in [5.74, 6) is 0.